The van der Waals surface area contributed by atoms with Crippen molar-refractivity contribution in [1.29, 1.82) is 0 Å². The number of thiophene rings is 1. The van der Waals surface area contributed by atoms with Crippen LogP contribution in [0.1, 0.15) is 35.9 Å². The van der Waals surface area contributed by atoms with E-state index >= 15 is 0 Å². The van der Waals surface area contributed by atoms with Crippen LogP contribution in [0.2, 0.25) is 5.02 Å². The first-order valence-corrected chi connectivity index (χ1v) is 12.4. The Morgan fingerprint density at radius 2 is 1.97 bits per heavy atom. The molecule has 3 heterocycles. The molecule has 4 aromatic rings. The molecule has 0 radical (unpaired) electrons. The van der Waals surface area contributed by atoms with E-state index < -0.39 is 5.60 Å². The minimum Gasteiger partial charge on any atom is -0.472 e. The van der Waals surface area contributed by atoms with Crippen LogP contribution >= 0.6 is 38.9 Å². The largest absolute Gasteiger partial charge is 0.472 e. The molecule has 0 unspecified atom stereocenters. The van der Waals surface area contributed by atoms with E-state index in [4.69, 9.17) is 16.3 Å². The normalized spacial score (nSPS) is 11.6. The molecule has 176 valence electrons. The van der Waals surface area contributed by atoms with Gasteiger partial charge in [-0.2, -0.15) is 4.98 Å². The molecular weight excluding hydrogens is 540 g/mol. The van der Waals surface area contributed by atoms with Crippen LogP contribution in [0.25, 0.3) is 16.9 Å². The Balaban J connectivity index is 1.73. The molecule has 0 aliphatic heterocycles. The van der Waals surface area contributed by atoms with Crippen molar-refractivity contribution in [3.05, 3.63) is 83.8 Å². The Morgan fingerprint density at radius 1 is 1.21 bits per heavy atom. The van der Waals surface area contributed by atoms with Crippen LogP contribution in [0.15, 0.2) is 51.2 Å². The highest BCUT2D eigenvalue weighted by Crippen LogP contribution is 2.29. The van der Waals surface area contributed by atoms with Crippen molar-refractivity contribution in [2.24, 2.45) is 0 Å². The summed E-state index contributed by atoms with van der Waals surface area (Å²) in [5.74, 6) is 0.936. The van der Waals surface area contributed by atoms with Crippen LogP contribution in [-0.4, -0.2) is 24.6 Å². The van der Waals surface area contributed by atoms with Gasteiger partial charge >= 0.3 is 0 Å². The summed E-state index contributed by atoms with van der Waals surface area (Å²) in [6.07, 6.45) is 1.58. The van der Waals surface area contributed by atoms with Crippen LogP contribution in [0.4, 0.5) is 0 Å². The molecule has 1 aromatic carbocycles. The van der Waals surface area contributed by atoms with Gasteiger partial charge in [-0.25, -0.2) is 9.97 Å². The lowest BCUT2D eigenvalue weighted by Crippen LogP contribution is -2.24. The van der Waals surface area contributed by atoms with Crippen molar-refractivity contribution in [2.45, 2.75) is 39.9 Å². The Bertz CT molecular complexity index is 1430. The number of ether oxygens (including phenoxy) is 1. The van der Waals surface area contributed by atoms with Gasteiger partial charge in [0.15, 0.2) is 5.82 Å². The fourth-order valence-corrected chi connectivity index (χ4v) is 4.62. The Morgan fingerprint density at radius 3 is 2.65 bits per heavy atom. The molecule has 10 heteroatoms. The minimum absolute atomic E-state index is 0.206. The molecular formula is C24H22BrClN4O3S. The van der Waals surface area contributed by atoms with E-state index in [1.807, 2.05) is 18.4 Å². The van der Waals surface area contributed by atoms with Gasteiger partial charge in [0.05, 0.1) is 16.4 Å². The van der Waals surface area contributed by atoms with Crippen LogP contribution in [0.3, 0.4) is 0 Å². The highest BCUT2D eigenvalue weighted by Gasteiger charge is 2.21. The molecule has 0 amide bonds. The summed E-state index contributed by atoms with van der Waals surface area (Å²) in [7, 11) is 0. The number of aryl methyl sites for hydroxylation is 2. The molecule has 1 N–H and O–H groups in total. The highest BCUT2D eigenvalue weighted by atomic mass is 79.9. The number of halogens is 2. The van der Waals surface area contributed by atoms with Gasteiger partial charge in [0.2, 0.25) is 5.88 Å². The molecule has 0 atom stereocenters. The van der Waals surface area contributed by atoms with Crippen molar-refractivity contribution < 1.29 is 9.84 Å². The minimum atomic E-state index is -1.19. The van der Waals surface area contributed by atoms with Crippen molar-refractivity contribution in [1.82, 2.24) is 19.5 Å². The lowest BCUT2D eigenvalue weighted by Gasteiger charge is -2.17. The third-order valence-corrected chi connectivity index (χ3v) is 6.92. The van der Waals surface area contributed by atoms with E-state index in [0.717, 1.165) is 5.56 Å². The number of benzene rings is 1. The van der Waals surface area contributed by atoms with Crippen LogP contribution in [-0.2, 0) is 12.2 Å². The summed E-state index contributed by atoms with van der Waals surface area (Å²) < 4.78 is 7.45. The van der Waals surface area contributed by atoms with Crippen molar-refractivity contribution >= 4 is 38.9 Å². The molecule has 0 aliphatic rings. The van der Waals surface area contributed by atoms with Gasteiger partial charge in [-0.05, 0) is 73.3 Å². The molecule has 4 rings (SSSR count). The molecule has 0 fully saturated rings. The fraction of sp³-hybridized carbons (Fsp3) is 0.250. The number of aromatic nitrogens is 4. The number of hydrogen-bond acceptors (Lipinski definition) is 7. The van der Waals surface area contributed by atoms with E-state index in [1.54, 1.807) is 62.6 Å². The summed E-state index contributed by atoms with van der Waals surface area (Å²) >= 11 is 11.5. The third-order valence-electron chi connectivity index (χ3n) is 5.01. The molecule has 0 bridgehead atoms. The molecule has 0 spiro atoms. The zero-order valence-corrected chi connectivity index (χ0v) is 22.1. The quantitative estimate of drug-likeness (QED) is 0.330. The van der Waals surface area contributed by atoms with Gasteiger partial charge in [0.1, 0.15) is 22.5 Å². The van der Waals surface area contributed by atoms with Crippen molar-refractivity contribution in [2.75, 3.05) is 0 Å². The first-order chi connectivity index (χ1) is 16.0. The van der Waals surface area contributed by atoms with E-state index in [1.165, 1.54) is 9.44 Å². The number of rotatable bonds is 6. The highest BCUT2D eigenvalue weighted by molar-refractivity contribution is 9.10. The second-order valence-corrected chi connectivity index (χ2v) is 10.6. The summed E-state index contributed by atoms with van der Waals surface area (Å²) in [5, 5.41) is 12.7. The summed E-state index contributed by atoms with van der Waals surface area (Å²) in [5.41, 5.74) is 1.24. The van der Waals surface area contributed by atoms with Gasteiger partial charge in [0, 0.05) is 22.2 Å². The summed E-state index contributed by atoms with van der Waals surface area (Å²) in [6, 6.07) is 9.02. The maximum atomic E-state index is 13.3. The second-order valence-electron chi connectivity index (χ2n) is 8.26. The van der Waals surface area contributed by atoms with Gasteiger partial charge in [-0.3, -0.25) is 9.36 Å². The summed E-state index contributed by atoms with van der Waals surface area (Å²) in [4.78, 5) is 27.6. The molecule has 7 nitrogen and oxygen atoms in total. The van der Waals surface area contributed by atoms with E-state index in [0.29, 0.717) is 40.2 Å². The lowest BCUT2D eigenvalue weighted by atomic mass is 10.1. The smallest absolute Gasteiger partial charge is 0.276 e. The average Bonchev–Trinajstić information content (AvgIpc) is 3.21. The molecule has 34 heavy (non-hydrogen) atoms. The Hall–Kier alpha value is -2.59. The fourth-order valence-electron chi connectivity index (χ4n) is 3.34. The Labute approximate surface area is 214 Å². The van der Waals surface area contributed by atoms with E-state index in [-0.39, 0.29) is 15.9 Å². The molecule has 3 aromatic heterocycles. The maximum absolute atomic E-state index is 13.3. The zero-order chi connectivity index (χ0) is 24.6. The van der Waals surface area contributed by atoms with Gasteiger partial charge in [-0.1, -0.05) is 17.7 Å². The molecule has 0 saturated carbocycles. The predicted octanol–water partition coefficient (Wildman–Crippen LogP) is 5.59. The first-order valence-electron chi connectivity index (χ1n) is 10.4. The number of aliphatic hydroxyl groups is 1. The summed E-state index contributed by atoms with van der Waals surface area (Å²) in [6.45, 7) is 7.30. The number of hydrogen-bond donors (Lipinski definition) is 1. The zero-order valence-electron chi connectivity index (χ0n) is 19.0. The predicted molar refractivity (Wildman–Crippen MR) is 137 cm³/mol. The number of nitrogens with zero attached hydrogens (tertiary/aromatic N) is 4. The SMILES string of the molecule is Cc1cc(COc2nc(C)n(-c3cc(-c4ccnc(C(C)(C)O)n4)ccc3Cl)c(=O)c2Br)cs1. The second kappa shape index (κ2) is 9.58. The van der Waals surface area contributed by atoms with E-state index in [9.17, 15) is 9.90 Å². The van der Waals surface area contributed by atoms with Gasteiger partial charge in [0.25, 0.3) is 5.56 Å². The van der Waals surface area contributed by atoms with Crippen LogP contribution in [0, 0.1) is 13.8 Å². The van der Waals surface area contributed by atoms with Gasteiger partial charge in [-0.15, -0.1) is 11.3 Å². The van der Waals surface area contributed by atoms with Crippen LogP contribution in [0.5, 0.6) is 5.88 Å². The van der Waals surface area contributed by atoms with Gasteiger partial charge < -0.3 is 9.84 Å². The monoisotopic (exact) mass is 560 g/mol. The average molecular weight is 562 g/mol. The standard InChI is InChI=1S/C24H22BrClN4O3S/c1-13-9-15(12-34-13)11-33-21-20(25)22(31)30(14(2)28-21)19-10-16(5-6-17(19)26)18-7-8-27-23(29-18)24(3,4)32/h5-10,12,32H,11H2,1-4H3. The Kier molecular flexibility index (Phi) is 6.91. The molecule has 0 aliphatic carbocycles. The van der Waals surface area contributed by atoms with Crippen LogP contribution < -0.4 is 10.3 Å². The maximum Gasteiger partial charge on any atom is 0.276 e. The third kappa shape index (κ3) is 5.07. The van der Waals surface area contributed by atoms with Crippen molar-refractivity contribution in [3.63, 3.8) is 0 Å². The van der Waals surface area contributed by atoms with Crippen molar-refractivity contribution in [3.8, 4) is 22.8 Å². The first kappa shape index (κ1) is 24.5. The topological polar surface area (TPSA) is 90.1 Å². The lowest BCUT2D eigenvalue weighted by molar-refractivity contribution is 0.0688. The molecule has 0 saturated heterocycles. The van der Waals surface area contributed by atoms with E-state index in [2.05, 4.69) is 30.9 Å².